The molecule has 112 valence electrons. The number of carbonyl (C=O) groups excluding carboxylic acids is 2. The van der Waals surface area contributed by atoms with Crippen LogP contribution in [0.1, 0.15) is 19.3 Å². The van der Waals surface area contributed by atoms with Gasteiger partial charge in [0.1, 0.15) is 6.04 Å². The summed E-state index contributed by atoms with van der Waals surface area (Å²) >= 11 is 0. The number of aliphatic carboxylic acids is 1. The van der Waals surface area contributed by atoms with E-state index in [0.717, 1.165) is 0 Å². The largest absolute Gasteiger partial charge is 0.480 e. The number of likely N-dealkylation sites (tertiary alicyclic amines) is 1. The Morgan fingerprint density at radius 3 is 2.90 bits per heavy atom. The fraction of sp³-hybridized carbons (Fsp3) is 0.538. The Labute approximate surface area is 120 Å². The van der Waals surface area contributed by atoms with Crippen LogP contribution in [0.25, 0.3) is 0 Å². The normalized spacial score (nSPS) is 25.6. The molecule has 8 heteroatoms. The van der Waals surface area contributed by atoms with Crippen molar-refractivity contribution < 1.29 is 19.5 Å². The number of amides is 2. The van der Waals surface area contributed by atoms with E-state index in [4.69, 9.17) is 5.11 Å². The second-order valence-corrected chi connectivity index (χ2v) is 5.39. The summed E-state index contributed by atoms with van der Waals surface area (Å²) in [5.74, 6) is -1.83. The quantitative estimate of drug-likeness (QED) is 0.805. The summed E-state index contributed by atoms with van der Waals surface area (Å²) in [4.78, 5) is 38.6. The zero-order chi connectivity index (χ0) is 15.0. The molecular weight excluding hydrogens is 276 g/mol. The Kier molecular flexibility index (Phi) is 3.36. The molecule has 21 heavy (non-hydrogen) atoms. The molecular formula is C13H16N4O4. The summed E-state index contributed by atoms with van der Waals surface area (Å²) in [5.41, 5.74) is 0.631. The summed E-state index contributed by atoms with van der Waals surface area (Å²) in [6.07, 6.45) is 4.41. The van der Waals surface area contributed by atoms with Crippen molar-refractivity contribution in [1.29, 1.82) is 0 Å². The molecule has 2 atom stereocenters. The third kappa shape index (κ3) is 2.37. The van der Waals surface area contributed by atoms with E-state index < -0.39 is 17.9 Å². The maximum absolute atomic E-state index is 12.5. The van der Waals surface area contributed by atoms with Crippen LogP contribution in [0.3, 0.4) is 0 Å². The standard InChI is InChI=1S/C13H16N4O4/c18-11-4-8(7-17(11)9-5-14-15-6-9)12(19)16-3-1-2-10(16)13(20)21/h5-6,8,10H,1-4,7H2,(H,14,15)(H,20,21)/t8-,10-/m1/s1. The fourth-order valence-electron chi connectivity index (χ4n) is 3.04. The Morgan fingerprint density at radius 2 is 2.24 bits per heavy atom. The minimum absolute atomic E-state index is 0.118. The van der Waals surface area contributed by atoms with Crippen molar-refractivity contribution in [3.63, 3.8) is 0 Å². The van der Waals surface area contributed by atoms with Gasteiger partial charge in [-0.05, 0) is 12.8 Å². The van der Waals surface area contributed by atoms with E-state index in [0.29, 0.717) is 25.1 Å². The number of nitrogens with one attached hydrogen (secondary N) is 1. The first-order valence-electron chi connectivity index (χ1n) is 6.90. The summed E-state index contributed by atoms with van der Waals surface area (Å²) in [7, 11) is 0. The number of H-pyrrole nitrogens is 1. The van der Waals surface area contributed by atoms with Crippen molar-refractivity contribution in [3.05, 3.63) is 12.4 Å². The number of carbonyl (C=O) groups is 3. The summed E-state index contributed by atoms with van der Waals surface area (Å²) in [6, 6.07) is -0.754. The topological polar surface area (TPSA) is 107 Å². The van der Waals surface area contributed by atoms with E-state index in [9.17, 15) is 14.4 Å². The van der Waals surface area contributed by atoms with Crippen LogP contribution in [0, 0.1) is 5.92 Å². The Balaban J connectivity index is 1.72. The molecule has 8 nitrogen and oxygen atoms in total. The van der Waals surface area contributed by atoms with Crippen molar-refractivity contribution in [1.82, 2.24) is 15.1 Å². The predicted octanol–water partition coefficient (Wildman–Crippen LogP) is -0.162. The van der Waals surface area contributed by atoms with Crippen LogP contribution in [0.5, 0.6) is 0 Å². The number of hydrogen-bond acceptors (Lipinski definition) is 4. The van der Waals surface area contributed by atoms with Gasteiger partial charge in [0.05, 0.1) is 17.8 Å². The number of rotatable bonds is 3. The average molecular weight is 292 g/mol. The third-order valence-corrected chi connectivity index (χ3v) is 4.09. The SMILES string of the molecule is O=C(O)[C@H]1CCCN1C(=O)[C@@H]1CC(=O)N(c2cn[nH]c2)C1. The molecule has 2 aliphatic heterocycles. The highest BCUT2D eigenvalue weighted by Gasteiger charge is 2.42. The van der Waals surface area contributed by atoms with Crippen LogP contribution in [0.4, 0.5) is 5.69 Å². The van der Waals surface area contributed by atoms with Crippen molar-refractivity contribution in [3.8, 4) is 0 Å². The fourth-order valence-corrected chi connectivity index (χ4v) is 3.04. The molecule has 0 radical (unpaired) electrons. The van der Waals surface area contributed by atoms with Crippen molar-refractivity contribution in [2.24, 2.45) is 5.92 Å². The minimum Gasteiger partial charge on any atom is -0.480 e. The second-order valence-electron chi connectivity index (χ2n) is 5.39. The highest BCUT2D eigenvalue weighted by molar-refractivity contribution is 6.00. The summed E-state index contributed by atoms with van der Waals surface area (Å²) in [6.45, 7) is 0.728. The van der Waals surface area contributed by atoms with E-state index in [1.165, 1.54) is 16.0 Å². The highest BCUT2D eigenvalue weighted by atomic mass is 16.4. The number of nitrogens with zero attached hydrogens (tertiary/aromatic N) is 3. The third-order valence-electron chi connectivity index (χ3n) is 4.09. The van der Waals surface area contributed by atoms with Gasteiger partial charge in [0.25, 0.3) is 0 Å². The van der Waals surface area contributed by atoms with Gasteiger partial charge >= 0.3 is 5.97 Å². The molecule has 0 aromatic carbocycles. The van der Waals surface area contributed by atoms with Crippen LogP contribution in [-0.2, 0) is 14.4 Å². The molecule has 2 aliphatic rings. The van der Waals surface area contributed by atoms with Gasteiger partial charge in [-0.2, -0.15) is 5.10 Å². The monoisotopic (exact) mass is 292 g/mol. The molecule has 0 saturated carbocycles. The lowest BCUT2D eigenvalue weighted by atomic mass is 10.1. The molecule has 3 rings (SSSR count). The maximum atomic E-state index is 12.5. The van der Waals surface area contributed by atoms with E-state index >= 15 is 0 Å². The number of hydrogen-bond donors (Lipinski definition) is 2. The smallest absolute Gasteiger partial charge is 0.326 e. The number of aromatic amines is 1. The maximum Gasteiger partial charge on any atom is 0.326 e. The van der Waals surface area contributed by atoms with Crippen molar-refractivity contribution >= 4 is 23.5 Å². The molecule has 2 saturated heterocycles. The lowest BCUT2D eigenvalue weighted by Crippen LogP contribution is -2.44. The van der Waals surface area contributed by atoms with Gasteiger partial charge in [-0.15, -0.1) is 0 Å². The molecule has 2 fully saturated rings. The molecule has 0 spiro atoms. The molecule has 2 N–H and O–H groups in total. The highest BCUT2D eigenvalue weighted by Crippen LogP contribution is 2.28. The zero-order valence-electron chi connectivity index (χ0n) is 11.4. The number of carboxylic acids is 1. The number of anilines is 1. The zero-order valence-corrected chi connectivity index (χ0v) is 11.4. The van der Waals surface area contributed by atoms with Crippen LogP contribution >= 0.6 is 0 Å². The van der Waals surface area contributed by atoms with E-state index in [2.05, 4.69) is 10.2 Å². The Hall–Kier alpha value is -2.38. The summed E-state index contributed by atoms with van der Waals surface area (Å²) in [5, 5.41) is 15.6. The number of carboxylic acid groups (broad SMARTS) is 1. The lowest BCUT2D eigenvalue weighted by Gasteiger charge is -2.24. The van der Waals surface area contributed by atoms with E-state index in [1.807, 2.05) is 0 Å². The van der Waals surface area contributed by atoms with Gasteiger partial charge in [0.15, 0.2) is 0 Å². The van der Waals surface area contributed by atoms with Gasteiger partial charge in [-0.25, -0.2) is 4.79 Å². The van der Waals surface area contributed by atoms with E-state index in [1.54, 1.807) is 6.20 Å². The van der Waals surface area contributed by atoms with Gasteiger partial charge in [-0.1, -0.05) is 0 Å². The molecule has 0 bridgehead atoms. The van der Waals surface area contributed by atoms with E-state index in [-0.39, 0.29) is 24.8 Å². The van der Waals surface area contributed by atoms with Crippen LogP contribution in [-0.4, -0.2) is 57.1 Å². The van der Waals surface area contributed by atoms with Gasteiger partial charge in [-0.3, -0.25) is 14.7 Å². The second kappa shape index (κ2) is 5.19. The summed E-state index contributed by atoms with van der Waals surface area (Å²) < 4.78 is 0. The molecule has 0 unspecified atom stereocenters. The van der Waals surface area contributed by atoms with Gasteiger partial charge in [0, 0.05) is 25.7 Å². The van der Waals surface area contributed by atoms with Crippen molar-refractivity contribution in [2.75, 3.05) is 18.0 Å². The first kappa shape index (κ1) is 13.6. The predicted molar refractivity (Wildman–Crippen MR) is 71.4 cm³/mol. The van der Waals surface area contributed by atoms with Gasteiger partial charge < -0.3 is 14.9 Å². The average Bonchev–Trinajstić information content (AvgIpc) is 3.17. The van der Waals surface area contributed by atoms with Gasteiger partial charge in [0.2, 0.25) is 11.8 Å². The lowest BCUT2D eigenvalue weighted by molar-refractivity contribution is -0.149. The van der Waals surface area contributed by atoms with Crippen LogP contribution < -0.4 is 4.90 Å². The number of aromatic nitrogens is 2. The molecule has 3 heterocycles. The van der Waals surface area contributed by atoms with Crippen LogP contribution in [0.15, 0.2) is 12.4 Å². The molecule has 2 amide bonds. The van der Waals surface area contributed by atoms with Crippen molar-refractivity contribution in [2.45, 2.75) is 25.3 Å². The molecule has 1 aromatic rings. The molecule has 1 aromatic heterocycles. The first-order valence-corrected chi connectivity index (χ1v) is 6.90. The minimum atomic E-state index is -0.975. The molecule has 0 aliphatic carbocycles. The Morgan fingerprint density at radius 1 is 1.43 bits per heavy atom. The van der Waals surface area contributed by atoms with Crippen LogP contribution in [0.2, 0.25) is 0 Å². The first-order chi connectivity index (χ1) is 10.1. The Bertz CT molecular complexity index is 571.